The Kier molecular flexibility index (Phi) is 3.95. The van der Waals surface area contributed by atoms with E-state index in [-0.39, 0.29) is 5.91 Å². The molecule has 0 aromatic carbocycles. The van der Waals surface area contributed by atoms with Crippen LogP contribution >= 0.6 is 0 Å². The summed E-state index contributed by atoms with van der Waals surface area (Å²) in [7, 11) is 0. The lowest BCUT2D eigenvalue weighted by atomic mass is 10.1. The quantitative estimate of drug-likeness (QED) is 0.707. The smallest absolute Gasteiger partial charge is 0.274 e. The van der Waals surface area contributed by atoms with Gasteiger partial charge in [0.15, 0.2) is 5.82 Å². The lowest BCUT2D eigenvalue weighted by Crippen LogP contribution is -2.35. The van der Waals surface area contributed by atoms with Crippen LogP contribution in [-0.4, -0.2) is 48.6 Å². The first-order chi connectivity index (χ1) is 13.3. The zero-order valence-corrected chi connectivity index (χ0v) is 14.9. The Labute approximate surface area is 156 Å². The van der Waals surface area contributed by atoms with Crippen LogP contribution in [0.5, 0.6) is 0 Å². The minimum absolute atomic E-state index is 0.0180. The van der Waals surface area contributed by atoms with Gasteiger partial charge in [-0.2, -0.15) is 4.98 Å². The fourth-order valence-corrected chi connectivity index (χ4v) is 3.37. The van der Waals surface area contributed by atoms with Crippen LogP contribution in [0.4, 0.5) is 0 Å². The molecular formula is C19H20N6O2. The number of imidazole rings is 1. The first-order valence-electron chi connectivity index (χ1n) is 9.41. The zero-order valence-electron chi connectivity index (χ0n) is 14.9. The van der Waals surface area contributed by atoms with Gasteiger partial charge < -0.3 is 9.42 Å². The van der Waals surface area contributed by atoms with Crippen LogP contribution in [0.25, 0.3) is 17.3 Å². The van der Waals surface area contributed by atoms with Crippen LogP contribution in [0.1, 0.15) is 54.3 Å². The number of nitrogens with zero attached hydrogens (tertiary/aromatic N) is 6. The van der Waals surface area contributed by atoms with E-state index in [1.54, 1.807) is 23.3 Å². The van der Waals surface area contributed by atoms with Gasteiger partial charge in [0.05, 0.1) is 0 Å². The van der Waals surface area contributed by atoms with Crippen LogP contribution in [0.3, 0.4) is 0 Å². The number of aromatic nitrogens is 5. The molecular weight excluding hydrogens is 344 g/mol. The van der Waals surface area contributed by atoms with Crippen molar-refractivity contribution in [1.82, 2.24) is 29.6 Å². The van der Waals surface area contributed by atoms with Gasteiger partial charge >= 0.3 is 0 Å². The van der Waals surface area contributed by atoms with E-state index in [0.717, 1.165) is 50.2 Å². The van der Waals surface area contributed by atoms with Crippen molar-refractivity contribution in [2.45, 2.75) is 38.0 Å². The second-order valence-electron chi connectivity index (χ2n) is 7.15. The Morgan fingerprint density at radius 1 is 1.15 bits per heavy atom. The number of pyridine rings is 1. The lowest BCUT2D eigenvalue weighted by molar-refractivity contribution is 0.0719. The number of hydrogen-bond acceptors (Lipinski definition) is 6. The maximum atomic E-state index is 12.6. The third-order valence-electron chi connectivity index (χ3n) is 5.09. The molecule has 5 rings (SSSR count). The molecule has 3 aromatic heterocycles. The van der Waals surface area contributed by atoms with Crippen molar-refractivity contribution in [3.05, 3.63) is 42.4 Å². The van der Waals surface area contributed by atoms with Crippen LogP contribution in [0.15, 0.2) is 35.4 Å². The van der Waals surface area contributed by atoms with E-state index in [9.17, 15) is 4.79 Å². The molecule has 3 aromatic rings. The summed E-state index contributed by atoms with van der Waals surface area (Å²) in [5.74, 6) is 2.35. The molecule has 1 aliphatic heterocycles. The maximum Gasteiger partial charge on any atom is 0.274 e. The van der Waals surface area contributed by atoms with E-state index < -0.39 is 0 Å². The molecule has 138 valence electrons. The average molecular weight is 364 g/mol. The molecule has 0 N–H and O–H groups in total. The fraction of sp³-hybridized carbons (Fsp3) is 0.421. The largest absolute Gasteiger partial charge is 0.337 e. The van der Waals surface area contributed by atoms with Gasteiger partial charge in [0.25, 0.3) is 11.8 Å². The SMILES string of the molecule is O=C(c1cn(-c2cc(-c3nc(C4CC4)no3)ccn2)cn1)N1CCCCC1. The second-order valence-corrected chi connectivity index (χ2v) is 7.15. The highest BCUT2D eigenvalue weighted by molar-refractivity contribution is 5.92. The van der Waals surface area contributed by atoms with E-state index >= 15 is 0 Å². The molecule has 1 saturated carbocycles. The predicted octanol–water partition coefficient (Wildman–Crippen LogP) is 2.82. The number of rotatable bonds is 4. The Hall–Kier alpha value is -3.03. The summed E-state index contributed by atoms with van der Waals surface area (Å²) in [5, 5.41) is 4.06. The summed E-state index contributed by atoms with van der Waals surface area (Å²) in [6, 6.07) is 3.70. The Balaban J connectivity index is 1.38. The third kappa shape index (κ3) is 3.22. The van der Waals surface area contributed by atoms with E-state index in [1.807, 2.05) is 17.0 Å². The molecule has 8 heteroatoms. The van der Waals surface area contributed by atoms with Crippen molar-refractivity contribution in [2.24, 2.45) is 0 Å². The highest BCUT2D eigenvalue weighted by atomic mass is 16.5. The van der Waals surface area contributed by atoms with E-state index in [1.165, 1.54) is 6.42 Å². The second kappa shape index (κ2) is 6.61. The van der Waals surface area contributed by atoms with Crippen molar-refractivity contribution in [3.63, 3.8) is 0 Å². The summed E-state index contributed by atoms with van der Waals surface area (Å²) in [6.45, 7) is 1.61. The van der Waals surface area contributed by atoms with E-state index in [2.05, 4.69) is 20.1 Å². The number of carbonyl (C=O) groups excluding carboxylic acids is 1. The minimum Gasteiger partial charge on any atom is -0.337 e. The predicted molar refractivity (Wildman–Crippen MR) is 96.4 cm³/mol. The maximum absolute atomic E-state index is 12.6. The fourth-order valence-electron chi connectivity index (χ4n) is 3.37. The standard InChI is InChI=1S/C19H20N6O2/c26-19(24-8-2-1-3-9-24)15-11-25(12-21-15)16-10-14(6-7-20-16)18-22-17(23-27-18)13-4-5-13/h6-7,10-13H,1-5,8-9H2. The van der Waals surface area contributed by atoms with Crippen LogP contribution < -0.4 is 0 Å². The minimum atomic E-state index is -0.0180. The molecule has 0 spiro atoms. The summed E-state index contributed by atoms with van der Waals surface area (Å²) < 4.78 is 7.14. The Bertz CT molecular complexity index is 968. The monoisotopic (exact) mass is 364 g/mol. The van der Waals surface area contributed by atoms with Crippen LogP contribution in [-0.2, 0) is 0 Å². The van der Waals surface area contributed by atoms with Gasteiger partial charge in [-0.15, -0.1) is 0 Å². The van der Waals surface area contributed by atoms with Gasteiger partial charge in [0.2, 0.25) is 0 Å². The summed E-state index contributed by atoms with van der Waals surface area (Å²) >= 11 is 0. The van der Waals surface area contributed by atoms with Crippen molar-refractivity contribution < 1.29 is 9.32 Å². The molecule has 0 atom stereocenters. The molecule has 0 unspecified atom stereocenters. The number of amides is 1. The van der Waals surface area contributed by atoms with Crippen molar-refractivity contribution in [3.8, 4) is 17.3 Å². The average Bonchev–Trinajstić information content (AvgIpc) is 3.25. The first-order valence-corrected chi connectivity index (χ1v) is 9.41. The first kappa shape index (κ1) is 16.2. The summed E-state index contributed by atoms with van der Waals surface area (Å²) in [6.07, 6.45) is 10.6. The van der Waals surface area contributed by atoms with Gasteiger partial charge in [-0.05, 0) is 44.2 Å². The molecule has 0 bridgehead atoms. The van der Waals surface area contributed by atoms with Crippen LogP contribution in [0, 0.1) is 0 Å². The van der Waals surface area contributed by atoms with Gasteiger partial charge in [-0.1, -0.05) is 5.16 Å². The van der Waals surface area contributed by atoms with E-state index in [0.29, 0.717) is 23.3 Å². The highest BCUT2D eigenvalue weighted by Gasteiger charge is 2.29. The topological polar surface area (TPSA) is 89.9 Å². The molecule has 2 fully saturated rings. The number of hydrogen-bond donors (Lipinski definition) is 0. The Morgan fingerprint density at radius 3 is 2.81 bits per heavy atom. The summed E-state index contributed by atoms with van der Waals surface area (Å²) in [5.41, 5.74) is 1.25. The zero-order chi connectivity index (χ0) is 18.2. The van der Waals surface area contributed by atoms with Gasteiger partial charge in [-0.25, -0.2) is 9.97 Å². The highest BCUT2D eigenvalue weighted by Crippen LogP contribution is 2.38. The molecule has 1 amide bonds. The summed E-state index contributed by atoms with van der Waals surface area (Å²) in [4.78, 5) is 27.6. The van der Waals surface area contributed by atoms with Gasteiger partial charge in [-0.3, -0.25) is 9.36 Å². The van der Waals surface area contributed by atoms with Crippen molar-refractivity contribution >= 4 is 5.91 Å². The molecule has 1 aliphatic carbocycles. The number of piperidine rings is 1. The normalized spacial score (nSPS) is 17.3. The molecule has 27 heavy (non-hydrogen) atoms. The molecule has 8 nitrogen and oxygen atoms in total. The van der Waals surface area contributed by atoms with Crippen molar-refractivity contribution in [1.29, 1.82) is 0 Å². The Morgan fingerprint density at radius 2 is 2.00 bits per heavy atom. The lowest BCUT2D eigenvalue weighted by Gasteiger charge is -2.25. The molecule has 2 aliphatic rings. The number of carbonyl (C=O) groups is 1. The molecule has 0 radical (unpaired) electrons. The van der Waals surface area contributed by atoms with Crippen molar-refractivity contribution in [2.75, 3.05) is 13.1 Å². The van der Waals surface area contributed by atoms with E-state index in [4.69, 9.17) is 4.52 Å². The third-order valence-corrected chi connectivity index (χ3v) is 5.09. The van der Waals surface area contributed by atoms with Gasteiger partial charge in [0, 0.05) is 37.0 Å². The molecule has 4 heterocycles. The number of likely N-dealkylation sites (tertiary alicyclic amines) is 1. The molecule has 1 saturated heterocycles. The van der Waals surface area contributed by atoms with Gasteiger partial charge in [0.1, 0.15) is 17.8 Å². The van der Waals surface area contributed by atoms with Crippen LogP contribution in [0.2, 0.25) is 0 Å².